The van der Waals surface area contributed by atoms with E-state index < -0.39 is 12.1 Å². The summed E-state index contributed by atoms with van der Waals surface area (Å²) in [6, 6.07) is 29.2. The molecule has 0 saturated carbocycles. The number of nitrogens with one attached hydrogen (secondary N) is 1. The first-order valence-corrected chi connectivity index (χ1v) is 12.7. The van der Waals surface area contributed by atoms with E-state index in [1.54, 1.807) is 20.3 Å². The summed E-state index contributed by atoms with van der Waals surface area (Å²) in [5, 5.41) is 3.06. The second-order valence-electron chi connectivity index (χ2n) is 9.01. The molecule has 0 saturated heterocycles. The van der Waals surface area contributed by atoms with Crippen molar-refractivity contribution < 1.29 is 23.7 Å². The van der Waals surface area contributed by atoms with Crippen molar-refractivity contribution in [2.45, 2.75) is 18.9 Å². The summed E-state index contributed by atoms with van der Waals surface area (Å²) in [4.78, 5) is 13.2. The number of methoxy groups -OCH3 is 2. The molecular weight excluding hydrogens is 478 g/mol. The number of hydrogen-bond acceptors (Lipinski definition) is 5. The zero-order valence-corrected chi connectivity index (χ0v) is 21.8. The lowest BCUT2D eigenvalue weighted by molar-refractivity contribution is 0.140. The number of carbonyl (C=O) groups is 1. The molecule has 0 aliphatic heterocycles. The van der Waals surface area contributed by atoms with Crippen molar-refractivity contribution in [1.29, 1.82) is 0 Å². The van der Waals surface area contributed by atoms with Crippen LogP contribution in [0.15, 0.2) is 91.0 Å². The van der Waals surface area contributed by atoms with E-state index in [1.165, 1.54) is 22.3 Å². The molecule has 1 atom stereocenters. The van der Waals surface area contributed by atoms with Gasteiger partial charge in [0, 0.05) is 17.5 Å². The van der Waals surface area contributed by atoms with Crippen molar-refractivity contribution in [3.05, 3.63) is 113 Å². The van der Waals surface area contributed by atoms with Crippen molar-refractivity contribution >= 4 is 6.09 Å². The molecule has 6 nitrogen and oxygen atoms in total. The monoisotopic (exact) mass is 509 g/mol. The number of ether oxygens (including phenoxy) is 4. The van der Waals surface area contributed by atoms with Crippen LogP contribution >= 0.6 is 0 Å². The third kappa shape index (κ3) is 5.02. The van der Waals surface area contributed by atoms with Gasteiger partial charge < -0.3 is 24.3 Å². The van der Waals surface area contributed by atoms with Crippen molar-refractivity contribution in [3.63, 3.8) is 0 Å². The summed E-state index contributed by atoms with van der Waals surface area (Å²) < 4.78 is 22.5. The van der Waals surface area contributed by atoms with Crippen LogP contribution in [-0.2, 0) is 4.74 Å². The van der Waals surface area contributed by atoms with Gasteiger partial charge in [0.25, 0.3) is 0 Å². The average Bonchev–Trinajstić information content (AvgIpc) is 3.29. The minimum absolute atomic E-state index is 0.0207. The first kappa shape index (κ1) is 25.2. The molecule has 194 valence electrons. The molecule has 6 heteroatoms. The fourth-order valence-electron chi connectivity index (χ4n) is 5.08. The van der Waals surface area contributed by atoms with Gasteiger partial charge in [-0.2, -0.15) is 0 Å². The molecule has 1 N–H and O–H groups in total. The fraction of sp³-hybridized carbons (Fsp3) is 0.219. The predicted molar refractivity (Wildman–Crippen MR) is 147 cm³/mol. The maximum absolute atomic E-state index is 13.2. The Hall–Kier alpha value is -4.45. The van der Waals surface area contributed by atoms with Crippen LogP contribution in [0.1, 0.15) is 41.1 Å². The Balaban J connectivity index is 1.39. The highest BCUT2D eigenvalue weighted by Crippen LogP contribution is 2.44. The van der Waals surface area contributed by atoms with Crippen molar-refractivity contribution in [2.75, 3.05) is 27.4 Å². The lowest BCUT2D eigenvalue weighted by Crippen LogP contribution is -2.31. The largest absolute Gasteiger partial charge is 0.497 e. The zero-order valence-electron chi connectivity index (χ0n) is 21.8. The Morgan fingerprint density at radius 1 is 0.816 bits per heavy atom. The molecular formula is C32H31NO5. The Kier molecular flexibility index (Phi) is 7.50. The maximum Gasteiger partial charge on any atom is 0.407 e. The average molecular weight is 510 g/mol. The van der Waals surface area contributed by atoms with E-state index in [4.69, 9.17) is 18.9 Å². The van der Waals surface area contributed by atoms with Gasteiger partial charge in [-0.1, -0.05) is 60.7 Å². The van der Waals surface area contributed by atoms with Gasteiger partial charge in [0.15, 0.2) is 0 Å². The lowest BCUT2D eigenvalue weighted by atomic mass is 9.97. The number of hydrogen-bond donors (Lipinski definition) is 1. The number of alkyl carbamates (subject to hydrolysis) is 1. The van der Waals surface area contributed by atoms with Crippen LogP contribution in [0.3, 0.4) is 0 Å². The Labute approximate surface area is 223 Å². The molecule has 0 aromatic heterocycles. The summed E-state index contributed by atoms with van der Waals surface area (Å²) in [7, 11) is 3.20. The third-order valence-corrected chi connectivity index (χ3v) is 6.88. The molecule has 1 aliphatic rings. The highest BCUT2D eigenvalue weighted by atomic mass is 16.5. The summed E-state index contributed by atoms with van der Waals surface area (Å²) in [5.74, 6) is 2.00. The van der Waals surface area contributed by atoms with Gasteiger partial charge in [-0.25, -0.2) is 4.79 Å². The minimum Gasteiger partial charge on any atom is -0.497 e. The molecule has 4 aromatic carbocycles. The first-order chi connectivity index (χ1) is 18.6. The smallest absolute Gasteiger partial charge is 0.407 e. The standard InChI is InChI=1S/C32H31NO5/c1-4-37-22-15-13-21(14-16-22)31(28-18-17-23(35-2)19-30(28)36-3)33-32(34)38-20-29-26-11-7-5-9-24(26)25-10-6-8-12-27(25)29/h5-19,29,31H,4,20H2,1-3H3,(H,33,34). The Bertz CT molecular complexity index is 1370. The van der Waals surface area contributed by atoms with E-state index in [2.05, 4.69) is 29.6 Å². The molecule has 0 spiro atoms. The normalized spacial score (nSPS) is 12.7. The van der Waals surface area contributed by atoms with E-state index in [-0.39, 0.29) is 12.5 Å². The van der Waals surface area contributed by atoms with Crippen LogP contribution in [0.2, 0.25) is 0 Å². The Morgan fingerprint density at radius 2 is 1.45 bits per heavy atom. The predicted octanol–water partition coefficient (Wildman–Crippen LogP) is 6.73. The van der Waals surface area contributed by atoms with Gasteiger partial charge in [-0.15, -0.1) is 0 Å². The molecule has 0 radical (unpaired) electrons. The molecule has 38 heavy (non-hydrogen) atoms. The van der Waals surface area contributed by atoms with Gasteiger partial charge in [0.05, 0.1) is 26.9 Å². The molecule has 1 unspecified atom stereocenters. The van der Waals surface area contributed by atoms with Gasteiger partial charge >= 0.3 is 6.09 Å². The SMILES string of the molecule is CCOc1ccc(C(NC(=O)OCC2c3ccccc3-c3ccccc32)c2ccc(OC)cc2OC)cc1. The Morgan fingerprint density at radius 3 is 2.05 bits per heavy atom. The summed E-state index contributed by atoms with van der Waals surface area (Å²) in [6.07, 6.45) is -0.511. The molecule has 0 heterocycles. The molecule has 1 aliphatic carbocycles. The second-order valence-corrected chi connectivity index (χ2v) is 9.01. The zero-order chi connectivity index (χ0) is 26.5. The van der Waals surface area contributed by atoms with Crippen LogP contribution < -0.4 is 19.5 Å². The van der Waals surface area contributed by atoms with Crippen LogP contribution in [0.4, 0.5) is 4.79 Å². The maximum atomic E-state index is 13.2. The van der Waals surface area contributed by atoms with Crippen LogP contribution in [0.5, 0.6) is 17.2 Å². The van der Waals surface area contributed by atoms with E-state index >= 15 is 0 Å². The summed E-state index contributed by atoms with van der Waals surface area (Å²) in [5.41, 5.74) is 6.36. The van der Waals surface area contributed by atoms with Gasteiger partial charge in [-0.3, -0.25) is 0 Å². The number of amides is 1. The van der Waals surface area contributed by atoms with Gasteiger partial charge in [0.1, 0.15) is 23.9 Å². The van der Waals surface area contributed by atoms with Gasteiger partial charge in [0.2, 0.25) is 0 Å². The summed E-state index contributed by atoms with van der Waals surface area (Å²) >= 11 is 0. The number of fused-ring (bicyclic) bond motifs is 3. The van der Waals surface area contributed by atoms with Gasteiger partial charge in [-0.05, 0) is 59.0 Å². The van der Waals surface area contributed by atoms with E-state index in [1.807, 2.05) is 67.6 Å². The number of carbonyl (C=O) groups excluding carboxylic acids is 1. The lowest BCUT2D eigenvalue weighted by Gasteiger charge is -2.23. The summed E-state index contributed by atoms with van der Waals surface area (Å²) in [6.45, 7) is 2.75. The number of benzene rings is 4. The highest BCUT2D eigenvalue weighted by Gasteiger charge is 2.30. The van der Waals surface area contributed by atoms with E-state index in [0.29, 0.717) is 18.1 Å². The minimum atomic E-state index is -0.512. The van der Waals surface area contributed by atoms with Crippen molar-refractivity contribution in [3.8, 4) is 28.4 Å². The van der Waals surface area contributed by atoms with E-state index in [0.717, 1.165) is 16.9 Å². The topological polar surface area (TPSA) is 66.0 Å². The fourth-order valence-corrected chi connectivity index (χ4v) is 5.08. The molecule has 5 rings (SSSR count). The molecule has 0 bridgehead atoms. The van der Waals surface area contributed by atoms with Crippen LogP contribution in [0.25, 0.3) is 11.1 Å². The number of rotatable bonds is 9. The molecule has 0 fully saturated rings. The first-order valence-electron chi connectivity index (χ1n) is 12.7. The van der Waals surface area contributed by atoms with Crippen LogP contribution in [-0.4, -0.2) is 33.5 Å². The molecule has 4 aromatic rings. The second kappa shape index (κ2) is 11.3. The van der Waals surface area contributed by atoms with E-state index in [9.17, 15) is 4.79 Å². The van der Waals surface area contributed by atoms with Crippen molar-refractivity contribution in [1.82, 2.24) is 5.32 Å². The third-order valence-electron chi connectivity index (χ3n) is 6.88. The quantitative estimate of drug-likeness (QED) is 0.271. The highest BCUT2D eigenvalue weighted by molar-refractivity contribution is 5.79. The van der Waals surface area contributed by atoms with Crippen LogP contribution in [0, 0.1) is 0 Å². The molecule has 1 amide bonds. The van der Waals surface area contributed by atoms with Crippen molar-refractivity contribution in [2.24, 2.45) is 0 Å².